The van der Waals surface area contributed by atoms with Gasteiger partial charge in [-0.05, 0) is 61.4 Å². The fraction of sp³-hybridized carbons (Fsp3) is 0.636. The first-order valence-electron chi connectivity index (χ1n) is 10.6. The Morgan fingerprint density at radius 1 is 1.36 bits per heavy atom. The van der Waals surface area contributed by atoms with Gasteiger partial charge in [0, 0.05) is 50.9 Å². The second kappa shape index (κ2) is 6.99. The molecular weight excluding hydrogens is 368 g/mol. The van der Waals surface area contributed by atoms with E-state index in [-0.39, 0.29) is 11.3 Å². The zero-order chi connectivity index (χ0) is 19.3. The average Bonchev–Trinajstić information content (AvgIpc) is 3.09. The summed E-state index contributed by atoms with van der Waals surface area (Å²) in [4.78, 5) is 23.1. The lowest BCUT2D eigenvalue weighted by Gasteiger charge is -2.28. The average molecular weight is 399 g/mol. The number of carbonyl (C=O) groups excluding carboxylic acids is 1. The zero-order valence-corrected chi connectivity index (χ0v) is 17.7. The molecule has 2 aliphatic heterocycles. The molecule has 1 aliphatic carbocycles. The molecule has 4 heterocycles. The van der Waals surface area contributed by atoms with Gasteiger partial charge in [-0.25, -0.2) is 4.98 Å². The SMILES string of the molecule is CC(C)n1cnc([C@@H]2CN(Cc3ccsc3)C[C@@]23CCN(CC2CC2)C3=O)c1. The van der Waals surface area contributed by atoms with Gasteiger partial charge in [-0.3, -0.25) is 9.69 Å². The first-order chi connectivity index (χ1) is 13.5. The van der Waals surface area contributed by atoms with E-state index in [0.717, 1.165) is 50.8 Å². The van der Waals surface area contributed by atoms with Crippen LogP contribution in [0, 0.1) is 11.3 Å². The van der Waals surface area contributed by atoms with Crippen LogP contribution in [0.1, 0.15) is 56.3 Å². The zero-order valence-electron chi connectivity index (χ0n) is 16.9. The highest BCUT2D eigenvalue weighted by molar-refractivity contribution is 7.07. The lowest BCUT2D eigenvalue weighted by atomic mass is 9.75. The Morgan fingerprint density at radius 2 is 2.21 bits per heavy atom. The lowest BCUT2D eigenvalue weighted by Crippen LogP contribution is -2.40. The first-order valence-corrected chi connectivity index (χ1v) is 11.6. The summed E-state index contributed by atoms with van der Waals surface area (Å²) in [5, 5.41) is 4.37. The number of rotatable bonds is 6. The number of thiophene rings is 1. The van der Waals surface area contributed by atoms with Crippen LogP contribution >= 0.6 is 11.3 Å². The molecule has 28 heavy (non-hydrogen) atoms. The van der Waals surface area contributed by atoms with Gasteiger partial charge in [0.25, 0.3) is 0 Å². The van der Waals surface area contributed by atoms with Gasteiger partial charge in [-0.1, -0.05) is 0 Å². The van der Waals surface area contributed by atoms with Crippen LogP contribution in [0.25, 0.3) is 0 Å². The Labute approximate surface area is 171 Å². The summed E-state index contributed by atoms with van der Waals surface area (Å²) in [6.45, 7) is 8.97. The Hall–Kier alpha value is -1.66. The smallest absolute Gasteiger partial charge is 0.230 e. The largest absolute Gasteiger partial charge is 0.342 e. The van der Waals surface area contributed by atoms with E-state index in [4.69, 9.17) is 4.98 Å². The van der Waals surface area contributed by atoms with Crippen molar-refractivity contribution in [2.45, 2.75) is 51.6 Å². The molecule has 0 radical (unpaired) electrons. The number of likely N-dealkylation sites (tertiary alicyclic amines) is 2. The lowest BCUT2D eigenvalue weighted by molar-refractivity contribution is -0.136. The van der Waals surface area contributed by atoms with Crippen molar-refractivity contribution in [1.29, 1.82) is 0 Å². The fourth-order valence-corrected chi connectivity index (χ4v) is 5.73. The molecule has 0 unspecified atom stereocenters. The molecule has 6 heteroatoms. The molecule has 2 atom stereocenters. The number of aromatic nitrogens is 2. The van der Waals surface area contributed by atoms with E-state index in [2.05, 4.69) is 51.2 Å². The number of carbonyl (C=O) groups is 1. The highest BCUT2D eigenvalue weighted by atomic mass is 32.1. The fourth-order valence-electron chi connectivity index (χ4n) is 5.07. The van der Waals surface area contributed by atoms with Gasteiger partial charge < -0.3 is 9.47 Å². The maximum Gasteiger partial charge on any atom is 0.230 e. The van der Waals surface area contributed by atoms with Crippen LogP contribution in [0.2, 0.25) is 0 Å². The van der Waals surface area contributed by atoms with Crippen molar-refractivity contribution in [3.05, 3.63) is 40.6 Å². The summed E-state index contributed by atoms with van der Waals surface area (Å²) >= 11 is 1.75. The first kappa shape index (κ1) is 18.4. The van der Waals surface area contributed by atoms with Gasteiger partial charge in [0.15, 0.2) is 0 Å². The number of imidazole rings is 1. The van der Waals surface area contributed by atoms with Gasteiger partial charge in [0.05, 0.1) is 17.4 Å². The minimum atomic E-state index is -0.291. The van der Waals surface area contributed by atoms with Gasteiger partial charge in [-0.2, -0.15) is 11.3 Å². The summed E-state index contributed by atoms with van der Waals surface area (Å²) in [5.74, 6) is 1.33. The van der Waals surface area contributed by atoms with Crippen LogP contribution in [0.4, 0.5) is 0 Å². The van der Waals surface area contributed by atoms with E-state index in [1.807, 2.05) is 6.33 Å². The van der Waals surface area contributed by atoms with Crippen molar-refractivity contribution in [2.75, 3.05) is 26.2 Å². The van der Waals surface area contributed by atoms with E-state index in [0.29, 0.717) is 11.9 Å². The predicted octanol–water partition coefficient (Wildman–Crippen LogP) is 3.75. The van der Waals surface area contributed by atoms with Crippen LogP contribution in [0.3, 0.4) is 0 Å². The maximum absolute atomic E-state index is 13.6. The second-order valence-corrected chi connectivity index (χ2v) is 10.1. The van der Waals surface area contributed by atoms with Crippen molar-refractivity contribution in [2.24, 2.45) is 11.3 Å². The summed E-state index contributed by atoms with van der Waals surface area (Å²) in [6.07, 6.45) is 7.68. The maximum atomic E-state index is 13.6. The molecule has 1 saturated carbocycles. The highest BCUT2D eigenvalue weighted by Gasteiger charge is 2.58. The topological polar surface area (TPSA) is 41.4 Å². The number of amides is 1. The molecule has 2 saturated heterocycles. The normalized spacial score (nSPS) is 28.3. The summed E-state index contributed by atoms with van der Waals surface area (Å²) in [6, 6.07) is 2.60. The monoisotopic (exact) mass is 398 g/mol. The van der Waals surface area contributed by atoms with Crippen molar-refractivity contribution < 1.29 is 4.79 Å². The molecule has 1 spiro atoms. The van der Waals surface area contributed by atoms with E-state index in [9.17, 15) is 4.79 Å². The molecule has 2 aromatic heterocycles. The van der Waals surface area contributed by atoms with Crippen LogP contribution < -0.4 is 0 Å². The number of hydrogen-bond donors (Lipinski definition) is 0. The summed E-state index contributed by atoms with van der Waals surface area (Å²) in [5.41, 5.74) is 2.16. The van der Waals surface area contributed by atoms with Crippen LogP contribution in [0.15, 0.2) is 29.4 Å². The van der Waals surface area contributed by atoms with Crippen molar-refractivity contribution >= 4 is 17.2 Å². The summed E-state index contributed by atoms with van der Waals surface area (Å²) < 4.78 is 2.17. The van der Waals surface area contributed by atoms with E-state index in [1.165, 1.54) is 18.4 Å². The molecule has 1 amide bonds. The van der Waals surface area contributed by atoms with Crippen molar-refractivity contribution in [3.8, 4) is 0 Å². The molecule has 3 aliphatic rings. The minimum Gasteiger partial charge on any atom is -0.342 e. The van der Waals surface area contributed by atoms with Crippen molar-refractivity contribution in [3.63, 3.8) is 0 Å². The third-order valence-electron chi connectivity index (χ3n) is 6.89. The van der Waals surface area contributed by atoms with Crippen LogP contribution in [-0.4, -0.2) is 51.4 Å². The molecular formula is C22H30N4OS. The number of hydrogen-bond acceptors (Lipinski definition) is 4. The van der Waals surface area contributed by atoms with Crippen LogP contribution in [0.5, 0.6) is 0 Å². The standard InChI is InChI=1S/C22H30N4OS/c1-16(2)26-12-20(23-15-26)19-11-24(9-18-5-8-28-13-18)14-22(19)6-7-25(21(22)27)10-17-3-4-17/h5,8,12-13,15-17,19H,3-4,6-7,9-11,14H2,1-2H3/t19-,22-/m0/s1. The quantitative estimate of drug-likeness (QED) is 0.744. The van der Waals surface area contributed by atoms with E-state index >= 15 is 0 Å². The van der Waals surface area contributed by atoms with Crippen LogP contribution in [-0.2, 0) is 11.3 Å². The third-order valence-corrected chi connectivity index (χ3v) is 7.62. The Bertz CT molecular complexity index is 841. The Morgan fingerprint density at radius 3 is 2.89 bits per heavy atom. The Kier molecular flexibility index (Phi) is 4.59. The minimum absolute atomic E-state index is 0.197. The molecule has 5 rings (SSSR count). The van der Waals surface area contributed by atoms with Crippen molar-refractivity contribution in [1.82, 2.24) is 19.4 Å². The van der Waals surface area contributed by atoms with E-state index < -0.39 is 0 Å². The third kappa shape index (κ3) is 3.20. The molecule has 0 aromatic carbocycles. The second-order valence-electron chi connectivity index (χ2n) is 9.29. The molecule has 150 valence electrons. The molecule has 0 N–H and O–H groups in total. The molecule has 3 fully saturated rings. The van der Waals surface area contributed by atoms with Gasteiger partial charge in [0.2, 0.25) is 5.91 Å². The number of nitrogens with zero attached hydrogens (tertiary/aromatic N) is 4. The summed E-state index contributed by atoms with van der Waals surface area (Å²) in [7, 11) is 0. The molecule has 0 bridgehead atoms. The predicted molar refractivity (Wildman–Crippen MR) is 111 cm³/mol. The van der Waals surface area contributed by atoms with Gasteiger partial charge in [0.1, 0.15) is 0 Å². The molecule has 2 aromatic rings. The van der Waals surface area contributed by atoms with E-state index in [1.54, 1.807) is 11.3 Å². The Balaban J connectivity index is 1.43. The van der Waals surface area contributed by atoms with Gasteiger partial charge >= 0.3 is 0 Å². The van der Waals surface area contributed by atoms with Gasteiger partial charge in [-0.15, -0.1) is 0 Å². The molecule has 5 nitrogen and oxygen atoms in total. The highest BCUT2D eigenvalue weighted by Crippen LogP contribution is 2.50.